The summed E-state index contributed by atoms with van der Waals surface area (Å²) in [6.45, 7) is 8.80. The Morgan fingerprint density at radius 3 is 2.00 bits per heavy atom. The van der Waals surface area contributed by atoms with E-state index in [9.17, 15) is 0 Å². The molecular formula is C11H20O2. The molecule has 0 spiro atoms. The van der Waals surface area contributed by atoms with Crippen molar-refractivity contribution in [3.8, 4) is 0 Å². The molecular weight excluding hydrogens is 164 g/mol. The molecule has 0 saturated heterocycles. The van der Waals surface area contributed by atoms with Crippen molar-refractivity contribution < 1.29 is 10.2 Å². The highest BCUT2D eigenvalue weighted by Gasteiger charge is 2.02. The Kier molecular flexibility index (Phi) is 10.4. The molecule has 0 aliphatic heterocycles. The van der Waals surface area contributed by atoms with E-state index in [0.717, 1.165) is 0 Å². The number of aliphatic hydroxyl groups is 2. The molecule has 0 atom stereocenters. The third kappa shape index (κ3) is 24.7. The topological polar surface area (TPSA) is 40.5 Å². The second-order valence-corrected chi connectivity index (χ2v) is 2.99. The monoisotopic (exact) mass is 184 g/mol. The summed E-state index contributed by atoms with van der Waals surface area (Å²) in [5.41, 5.74) is -0.694. The lowest BCUT2D eigenvalue weighted by Gasteiger charge is -2.07. The average molecular weight is 184 g/mol. The predicted octanol–water partition coefficient (Wildman–Crippen LogP) is 2.05. The number of allylic oxidation sites excluding steroid dienone is 3. The van der Waals surface area contributed by atoms with Gasteiger partial charge in [-0.25, -0.2) is 0 Å². The smallest absolute Gasteiger partial charge is 0.0769 e. The van der Waals surface area contributed by atoms with E-state index in [1.807, 2.05) is 19.1 Å². The Bertz CT molecular complexity index is 161. The van der Waals surface area contributed by atoms with Crippen LogP contribution in [0.4, 0.5) is 0 Å². The number of aliphatic hydroxyl groups excluding tert-OH is 1. The Labute approximate surface area is 80.9 Å². The van der Waals surface area contributed by atoms with E-state index in [1.54, 1.807) is 26.0 Å². The molecule has 2 nitrogen and oxygen atoms in total. The fourth-order valence-corrected chi connectivity index (χ4v) is 0.251. The Morgan fingerprint density at radius 1 is 1.31 bits per heavy atom. The van der Waals surface area contributed by atoms with Gasteiger partial charge >= 0.3 is 0 Å². The van der Waals surface area contributed by atoms with Gasteiger partial charge in [0.1, 0.15) is 0 Å². The van der Waals surface area contributed by atoms with Crippen LogP contribution in [0.2, 0.25) is 0 Å². The van der Waals surface area contributed by atoms with Crippen LogP contribution < -0.4 is 0 Å². The van der Waals surface area contributed by atoms with Crippen LogP contribution in [0.25, 0.3) is 0 Å². The van der Waals surface area contributed by atoms with Gasteiger partial charge in [-0.2, -0.15) is 0 Å². The maximum absolute atomic E-state index is 8.71. The van der Waals surface area contributed by atoms with Gasteiger partial charge in [0.05, 0.1) is 12.2 Å². The summed E-state index contributed by atoms with van der Waals surface area (Å²) in [7, 11) is 0. The first-order valence-electron chi connectivity index (χ1n) is 4.22. The Hall–Kier alpha value is -0.860. The maximum Gasteiger partial charge on any atom is 0.0769 e. The highest BCUT2D eigenvalue weighted by Crippen LogP contribution is 1.98. The van der Waals surface area contributed by atoms with E-state index >= 15 is 0 Å². The molecule has 2 N–H and O–H groups in total. The lowest BCUT2D eigenvalue weighted by Crippen LogP contribution is -2.12. The molecule has 0 aromatic rings. The molecule has 2 heteroatoms. The minimum absolute atomic E-state index is 0.129. The van der Waals surface area contributed by atoms with Gasteiger partial charge in [0.2, 0.25) is 0 Å². The minimum Gasteiger partial charge on any atom is -0.392 e. The van der Waals surface area contributed by atoms with Crippen LogP contribution in [0, 0.1) is 0 Å². The van der Waals surface area contributed by atoms with Gasteiger partial charge in [-0.15, -0.1) is 6.58 Å². The second kappa shape index (κ2) is 9.23. The molecule has 0 amide bonds. The zero-order valence-electron chi connectivity index (χ0n) is 8.70. The molecule has 0 saturated carbocycles. The van der Waals surface area contributed by atoms with E-state index in [-0.39, 0.29) is 6.61 Å². The van der Waals surface area contributed by atoms with Crippen molar-refractivity contribution in [1.29, 1.82) is 0 Å². The summed E-state index contributed by atoms with van der Waals surface area (Å²) in [6.07, 6.45) is 8.76. The molecule has 0 aliphatic rings. The van der Waals surface area contributed by atoms with Crippen molar-refractivity contribution in [1.82, 2.24) is 0 Å². The number of rotatable bonds is 3. The normalized spacial score (nSPS) is 11.5. The summed E-state index contributed by atoms with van der Waals surface area (Å²) in [6, 6.07) is 0. The van der Waals surface area contributed by atoms with Gasteiger partial charge in [0.15, 0.2) is 0 Å². The Morgan fingerprint density at radius 2 is 1.77 bits per heavy atom. The highest BCUT2D eigenvalue weighted by atomic mass is 16.3. The van der Waals surface area contributed by atoms with Crippen LogP contribution in [0.3, 0.4) is 0 Å². The lowest BCUT2D eigenvalue weighted by atomic mass is 10.1. The summed E-state index contributed by atoms with van der Waals surface area (Å²) < 4.78 is 0. The summed E-state index contributed by atoms with van der Waals surface area (Å²) in [5.74, 6) is 0. The van der Waals surface area contributed by atoms with Crippen molar-refractivity contribution in [2.45, 2.75) is 26.4 Å². The zero-order valence-corrected chi connectivity index (χ0v) is 8.70. The quantitative estimate of drug-likeness (QED) is 0.520. The molecule has 76 valence electrons. The van der Waals surface area contributed by atoms with Crippen LogP contribution >= 0.6 is 0 Å². The fourth-order valence-electron chi connectivity index (χ4n) is 0.251. The SMILES string of the molecule is C=CC(C)(C)O.CC=CC=CCO. The third-order valence-electron chi connectivity index (χ3n) is 1.04. The van der Waals surface area contributed by atoms with Crippen LogP contribution in [-0.4, -0.2) is 22.4 Å². The lowest BCUT2D eigenvalue weighted by molar-refractivity contribution is 0.133. The Balaban J connectivity index is 0. The average Bonchev–Trinajstić information content (AvgIpc) is 2.06. The zero-order chi connectivity index (χ0) is 10.7. The molecule has 0 heterocycles. The number of hydrogen-bond acceptors (Lipinski definition) is 2. The molecule has 0 aromatic carbocycles. The van der Waals surface area contributed by atoms with Gasteiger partial charge in [0.25, 0.3) is 0 Å². The van der Waals surface area contributed by atoms with Gasteiger partial charge in [0, 0.05) is 0 Å². The third-order valence-corrected chi connectivity index (χ3v) is 1.04. The standard InChI is InChI=1S/C6H10O.C5H10O/c1-2-3-4-5-6-7;1-4-5(2,3)6/h2-5,7H,6H2,1H3;4,6H,1H2,2-3H3. The molecule has 0 radical (unpaired) electrons. The van der Waals surface area contributed by atoms with Crippen LogP contribution in [0.1, 0.15) is 20.8 Å². The molecule has 0 aliphatic carbocycles. The van der Waals surface area contributed by atoms with Crippen molar-refractivity contribution in [3.05, 3.63) is 37.0 Å². The van der Waals surface area contributed by atoms with E-state index < -0.39 is 5.60 Å². The highest BCUT2D eigenvalue weighted by molar-refractivity contribution is 5.00. The number of hydrogen-bond donors (Lipinski definition) is 2. The summed E-state index contributed by atoms with van der Waals surface area (Å²) >= 11 is 0. The van der Waals surface area contributed by atoms with Crippen LogP contribution in [-0.2, 0) is 0 Å². The first-order chi connectivity index (χ1) is 5.97. The molecule has 0 bridgehead atoms. The molecule has 13 heavy (non-hydrogen) atoms. The molecule has 0 aromatic heterocycles. The van der Waals surface area contributed by atoms with E-state index in [1.165, 1.54) is 6.08 Å². The van der Waals surface area contributed by atoms with Crippen LogP contribution in [0.15, 0.2) is 37.0 Å². The minimum atomic E-state index is -0.694. The van der Waals surface area contributed by atoms with Crippen molar-refractivity contribution >= 4 is 0 Å². The molecule has 0 unspecified atom stereocenters. The van der Waals surface area contributed by atoms with E-state index in [0.29, 0.717) is 0 Å². The first kappa shape index (κ1) is 14.7. The predicted molar refractivity (Wildman–Crippen MR) is 57.5 cm³/mol. The summed E-state index contributed by atoms with van der Waals surface area (Å²) in [4.78, 5) is 0. The maximum atomic E-state index is 8.71. The van der Waals surface area contributed by atoms with Crippen molar-refractivity contribution in [3.63, 3.8) is 0 Å². The van der Waals surface area contributed by atoms with Gasteiger partial charge < -0.3 is 10.2 Å². The van der Waals surface area contributed by atoms with Crippen LogP contribution in [0.5, 0.6) is 0 Å². The molecule has 0 rings (SSSR count). The van der Waals surface area contributed by atoms with Gasteiger partial charge in [-0.05, 0) is 20.8 Å². The summed E-state index contributed by atoms with van der Waals surface area (Å²) in [5, 5.41) is 16.9. The van der Waals surface area contributed by atoms with Gasteiger partial charge in [-0.1, -0.05) is 30.4 Å². The molecule has 0 fully saturated rings. The van der Waals surface area contributed by atoms with E-state index in [2.05, 4.69) is 6.58 Å². The van der Waals surface area contributed by atoms with Crippen molar-refractivity contribution in [2.75, 3.05) is 6.61 Å². The van der Waals surface area contributed by atoms with Crippen molar-refractivity contribution in [2.24, 2.45) is 0 Å². The largest absolute Gasteiger partial charge is 0.392 e. The first-order valence-corrected chi connectivity index (χ1v) is 4.22. The van der Waals surface area contributed by atoms with E-state index in [4.69, 9.17) is 10.2 Å². The fraction of sp³-hybridized carbons (Fsp3) is 0.455. The van der Waals surface area contributed by atoms with Gasteiger partial charge in [-0.3, -0.25) is 0 Å². The second-order valence-electron chi connectivity index (χ2n) is 2.99.